The summed E-state index contributed by atoms with van der Waals surface area (Å²) in [7, 11) is 1.31. The summed E-state index contributed by atoms with van der Waals surface area (Å²) >= 11 is 0. The van der Waals surface area contributed by atoms with Gasteiger partial charge in [0.2, 0.25) is 12.0 Å². The summed E-state index contributed by atoms with van der Waals surface area (Å²) in [6, 6.07) is 5.90. The van der Waals surface area contributed by atoms with Crippen LogP contribution < -0.4 is 14.9 Å². The van der Waals surface area contributed by atoms with E-state index in [1.807, 2.05) is 0 Å². The highest BCUT2D eigenvalue weighted by Gasteiger charge is 2.51. The number of phenolic OH excluding ortho intramolecular Hbond substituents is 3. The fraction of sp³-hybridized carbons (Fsp3) is 0.464. The van der Waals surface area contributed by atoms with Gasteiger partial charge in [-0.2, -0.15) is 0 Å². The van der Waals surface area contributed by atoms with Gasteiger partial charge in [0.25, 0.3) is 0 Å². The largest absolute Gasteiger partial charge is 0.507 e. The first kappa shape index (κ1) is 32.6. The number of benzene rings is 2. The van der Waals surface area contributed by atoms with E-state index in [0.717, 1.165) is 12.1 Å². The number of ether oxygens (including phenoxy) is 5. The van der Waals surface area contributed by atoms with Gasteiger partial charge in [-0.3, -0.25) is 4.79 Å². The molecule has 17 nitrogen and oxygen atoms in total. The number of aromatic hydroxyl groups is 3. The normalized spacial score (nSPS) is 32.0. The Balaban J connectivity index is 1.52. The summed E-state index contributed by atoms with van der Waals surface area (Å²) in [5.74, 6) is -2.36. The van der Waals surface area contributed by atoms with E-state index >= 15 is 0 Å². The third kappa shape index (κ3) is 5.98. The quantitative estimate of drug-likeness (QED) is 0.115. The van der Waals surface area contributed by atoms with Gasteiger partial charge in [-0.15, -0.1) is 0 Å². The number of rotatable bonds is 8. The molecule has 0 saturated carbocycles. The van der Waals surface area contributed by atoms with Gasteiger partial charge >= 0.3 is 0 Å². The molecule has 2 fully saturated rings. The Hall–Kier alpha value is -3.75. The van der Waals surface area contributed by atoms with Crippen LogP contribution in [0.5, 0.6) is 28.7 Å². The molecule has 2 aliphatic rings. The molecule has 5 rings (SSSR count). The topological polar surface area (TPSA) is 279 Å². The molecule has 0 spiro atoms. The minimum Gasteiger partial charge on any atom is -0.507 e. The van der Waals surface area contributed by atoms with E-state index in [1.54, 1.807) is 0 Å². The van der Waals surface area contributed by atoms with E-state index in [4.69, 9.17) is 28.1 Å². The molecule has 0 amide bonds. The highest BCUT2D eigenvalue weighted by atomic mass is 16.8. The number of fused-ring (bicyclic) bond motifs is 1. The molecule has 0 bridgehead atoms. The lowest BCUT2D eigenvalue weighted by Gasteiger charge is -2.45. The summed E-state index contributed by atoms with van der Waals surface area (Å²) in [6.07, 6.45) is -17.5. The van der Waals surface area contributed by atoms with Gasteiger partial charge in [0.05, 0.1) is 20.3 Å². The van der Waals surface area contributed by atoms with E-state index in [9.17, 15) is 55.9 Å². The van der Waals surface area contributed by atoms with Gasteiger partial charge in [0.1, 0.15) is 59.6 Å². The van der Waals surface area contributed by atoms with E-state index in [0.29, 0.717) is 0 Å². The van der Waals surface area contributed by atoms with Gasteiger partial charge in [-0.1, -0.05) is 0 Å². The molecule has 2 aliphatic heterocycles. The van der Waals surface area contributed by atoms with Crippen LogP contribution in [0, 0.1) is 0 Å². The predicted molar refractivity (Wildman–Crippen MR) is 146 cm³/mol. The highest BCUT2D eigenvalue weighted by Crippen LogP contribution is 2.42. The van der Waals surface area contributed by atoms with Crippen molar-refractivity contribution in [1.29, 1.82) is 0 Å². The molecular weight excluding hydrogens is 608 g/mol. The Kier molecular flexibility index (Phi) is 9.38. The van der Waals surface area contributed by atoms with Crippen LogP contribution in [0.2, 0.25) is 0 Å². The molecule has 2 aromatic carbocycles. The molecule has 10 atom stereocenters. The molecule has 17 heteroatoms. The van der Waals surface area contributed by atoms with Crippen LogP contribution in [0.3, 0.4) is 0 Å². The van der Waals surface area contributed by atoms with Crippen molar-refractivity contribution in [3.05, 3.63) is 40.6 Å². The average Bonchev–Trinajstić information content (AvgIpc) is 3.02. The molecule has 2 saturated heterocycles. The summed E-state index contributed by atoms with van der Waals surface area (Å²) in [6.45, 7) is -1.62. The van der Waals surface area contributed by atoms with Crippen molar-refractivity contribution < 1.29 is 79.2 Å². The second-order valence-corrected chi connectivity index (χ2v) is 10.4. The van der Waals surface area contributed by atoms with Crippen molar-refractivity contribution in [2.75, 3.05) is 20.3 Å². The lowest BCUT2D eigenvalue weighted by molar-refractivity contribution is -0.358. The molecular formula is C28H32O17. The number of aliphatic hydroxyl groups is 7. The third-order valence-corrected chi connectivity index (χ3v) is 7.59. The molecule has 3 heterocycles. The zero-order valence-electron chi connectivity index (χ0n) is 23.4. The smallest absolute Gasteiger partial charge is 0.229 e. The molecule has 246 valence electrons. The first-order valence-corrected chi connectivity index (χ1v) is 13.5. The van der Waals surface area contributed by atoms with Gasteiger partial charge in [0.15, 0.2) is 40.7 Å². The summed E-state index contributed by atoms with van der Waals surface area (Å²) in [5.41, 5.74) is -1.06. The number of hydrogen-bond donors (Lipinski definition) is 10. The second-order valence-electron chi connectivity index (χ2n) is 10.4. The molecule has 3 aromatic rings. The Morgan fingerprint density at radius 1 is 0.756 bits per heavy atom. The van der Waals surface area contributed by atoms with E-state index in [2.05, 4.69) is 0 Å². The number of aliphatic hydroxyl groups excluding tert-OH is 7. The van der Waals surface area contributed by atoms with Crippen molar-refractivity contribution in [3.8, 4) is 40.1 Å². The second kappa shape index (κ2) is 12.9. The number of methoxy groups -OCH3 is 1. The van der Waals surface area contributed by atoms with Crippen LogP contribution in [0.1, 0.15) is 0 Å². The SMILES string of the molecule is COc1cc(-c2cc(=O)c3c(O)cc(O[C@@H]4O[C@H](CO)[C@@H](O)[C@H](O)[C@H]4O[C@@H]4O[C@H](CO)[C@@H](O)[C@H](O)[C@H]4O)c(O)c3o2)ccc1O. The average molecular weight is 641 g/mol. The van der Waals surface area contributed by atoms with Gasteiger partial charge < -0.3 is 79.2 Å². The minimum absolute atomic E-state index is 0.0541. The van der Waals surface area contributed by atoms with Crippen molar-refractivity contribution >= 4 is 11.0 Å². The van der Waals surface area contributed by atoms with E-state index < -0.39 is 108 Å². The summed E-state index contributed by atoms with van der Waals surface area (Å²) in [4.78, 5) is 13.0. The third-order valence-electron chi connectivity index (χ3n) is 7.59. The summed E-state index contributed by atoms with van der Waals surface area (Å²) in [5, 5.41) is 102. The molecule has 0 unspecified atom stereocenters. The van der Waals surface area contributed by atoms with Crippen molar-refractivity contribution in [2.24, 2.45) is 0 Å². The van der Waals surface area contributed by atoms with Crippen molar-refractivity contribution in [2.45, 2.75) is 61.4 Å². The van der Waals surface area contributed by atoms with Gasteiger partial charge in [-0.05, 0) is 18.2 Å². The fourth-order valence-electron chi connectivity index (χ4n) is 5.10. The van der Waals surface area contributed by atoms with E-state index in [-0.39, 0.29) is 22.8 Å². The molecule has 10 N–H and O–H groups in total. The van der Waals surface area contributed by atoms with E-state index in [1.165, 1.54) is 25.3 Å². The van der Waals surface area contributed by atoms with Crippen LogP contribution in [-0.4, -0.2) is 133 Å². The Morgan fingerprint density at radius 3 is 2.04 bits per heavy atom. The van der Waals surface area contributed by atoms with Gasteiger partial charge in [-0.25, -0.2) is 0 Å². The molecule has 45 heavy (non-hydrogen) atoms. The monoisotopic (exact) mass is 640 g/mol. The molecule has 0 aliphatic carbocycles. The predicted octanol–water partition coefficient (Wildman–Crippen LogP) is -2.41. The van der Waals surface area contributed by atoms with Crippen LogP contribution in [0.25, 0.3) is 22.3 Å². The zero-order chi connectivity index (χ0) is 32.7. The highest BCUT2D eigenvalue weighted by molar-refractivity contribution is 5.91. The van der Waals surface area contributed by atoms with Crippen molar-refractivity contribution in [3.63, 3.8) is 0 Å². The van der Waals surface area contributed by atoms with Crippen LogP contribution >= 0.6 is 0 Å². The molecule has 0 radical (unpaired) electrons. The fourth-order valence-corrected chi connectivity index (χ4v) is 5.10. The standard InChI is InChI=1S/C28H32O17/c1-40-14-4-9(2-3-10(14)31)13-5-11(32)18-12(33)6-15(21(36)25(18)41-13)42-28-26(23(38)20(35)17(8-30)44-28)45-27-24(39)22(37)19(34)16(7-29)43-27/h2-6,16-17,19-20,22-24,26-31,33-39H,7-8H2,1H3/t16-,17-,19-,20-,22+,23+,24-,26-,27+,28-/m1/s1. The van der Waals surface area contributed by atoms with Crippen molar-refractivity contribution in [1.82, 2.24) is 0 Å². The zero-order valence-corrected chi connectivity index (χ0v) is 23.4. The maximum Gasteiger partial charge on any atom is 0.229 e. The van der Waals surface area contributed by atoms with Gasteiger partial charge in [0, 0.05) is 17.7 Å². The number of phenols is 3. The first-order chi connectivity index (χ1) is 21.4. The Labute approximate surface area is 252 Å². The lowest BCUT2D eigenvalue weighted by Crippen LogP contribution is -2.65. The number of hydrogen-bond acceptors (Lipinski definition) is 17. The van der Waals surface area contributed by atoms with Crippen LogP contribution in [-0.2, 0) is 14.2 Å². The maximum absolute atomic E-state index is 13.0. The maximum atomic E-state index is 13.0. The Morgan fingerprint density at radius 2 is 1.40 bits per heavy atom. The minimum atomic E-state index is -1.92. The lowest BCUT2D eigenvalue weighted by atomic mass is 9.97. The first-order valence-electron chi connectivity index (χ1n) is 13.5. The molecule has 1 aromatic heterocycles. The summed E-state index contributed by atoms with van der Waals surface area (Å²) < 4.78 is 33.0. The van der Waals surface area contributed by atoms with Crippen LogP contribution in [0.15, 0.2) is 39.5 Å². The van der Waals surface area contributed by atoms with Crippen LogP contribution in [0.4, 0.5) is 0 Å². The Bertz CT molecular complexity index is 1570.